The highest BCUT2D eigenvalue weighted by atomic mass is 16.5. The summed E-state index contributed by atoms with van der Waals surface area (Å²) in [6.07, 6.45) is 3.04. The Hall–Kier alpha value is -3.88. The number of phenols is 2. The first kappa shape index (κ1) is 22.3. The number of fused-ring (bicyclic) bond motifs is 3. The third-order valence-corrected chi connectivity index (χ3v) is 6.26. The highest BCUT2D eigenvalue weighted by Crippen LogP contribution is 2.57. The van der Waals surface area contributed by atoms with E-state index in [9.17, 15) is 24.6 Å². The van der Waals surface area contributed by atoms with Crippen molar-refractivity contribution in [2.45, 2.75) is 46.6 Å². The number of phenolic OH excluding ortho intramolecular Hbond substituents is 2. The van der Waals surface area contributed by atoms with Crippen LogP contribution < -0.4 is 10.1 Å². The van der Waals surface area contributed by atoms with Crippen LogP contribution in [0.15, 0.2) is 35.4 Å². The smallest absolute Gasteiger partial charge is 0.194 e. The Labute approximate surface area is 190 Å². The summed E-state index contributed by atoms with van der Waals surface area (Å²) in [7, 11) is 0. The minimum Gasteiger partial charge on any atom is -0.507 e. The predicted octanol–water partition coefficient (Wildman–Crippen LogP) is 2.36. The fourth-order valence-corrected chi connectivity index (χ4v) is 4.40. The van der Waals surface area contributed by atoms with Gasteiger partial charge in [-0.1, -0.05) is 0 Å². The van der Waals surface area contributed by atoms with Crippen molar-refractivity contribution in [3.8, 4) is 17.2 Å². The van der Waals surface area contributed by atoms with E-state index in [2.05, 4.69) is 10.4 Å². The van der Waals surface area contributed by atoms with Gasteiger partial charge in [-0.3, -0.25) is 19.1 Å². The molecular weight excluding hydrogens is 426 g/mol. The number of hydrogen-bond acceptors (Lipinski definition) is 8. The average Bonchev–Trinajstić information content (AvgIpc) is 3.27. The van der Waals surface area contributed by atoms with E-state index < -0.39 is 28.5 Å². The molecule has 0 saturated heterocycles. The molecule has 0 radical (unpaired) electrons. The van der Waals surface area contributed by atoms with Crippen LogP contribution in [0.25, 0.3) is 0 Å². The summed E-state index contributed by atoms with van der Waals surface area (Å²) in [6.45, 7) is 8.73. The lowest BCUT2D eigenvalue weighted by molar-refractivity contribution is -0.123. The predicted molar refractivity (Wildman–Crippen MR) is 118 cm³/mol. The van der Waals surface area contributed by atoms with Gasteiger partial charge in [-0.25, -0.2) is 0 Å². The van der Waals surface area contributed by atoms with E-state index in [-0.39, 0.29) is 39.5 Å². The maximum atomic E-state index is 13.7. The topological polar surface area (TPSA) is 131 Å². The standard InChI is InChI=1S/C24H25N3O6/c1-11-6-8-27(26-11)9-7-25-13(3)17-15(29)10-16-24(5,23(17)32)19-21(31)12(2)20(30)18(14(4)28)22(19)33-16/h6,8,10,25,30-31H,7,9H2,1-5H3. The Morgan fingerprint density at radius 2 is 1.91 bits per heavy atom. The number of Topliss-reactive ketones (excluding diaryl/α,β-unsaturated/α-hetero) is 2. The van der Waals surface area contributed by atoms with Crippen LogP contribution in [0.3, 0.4) is 0 Å². The zero-order chi connectivity index (χ0) is 24.2. The molecule has 0 saturated carbocycles. The molecule has 2 aromatic rings. The number of aromatic hydroxyl groups is 2. The summed E-state index contributed by atoms with van der Waals surface area (Å²) in [5.74, 6) is -2.43. The van der Waals surface area contributed by atoms with E-state index in [0.29, 0.717) is 18.8 Å². The van der Waals surface area contributed by atoms with E-state index >= 15 is 0 Å². The lowest BCUT2D eigenvalue weighted by Gasteiger charge is -2.29. The van der Waals surface area contributed by atoms with E-state index in [0.717, 1.165) is 5.69 Å². The van der Waals surface area contributed by atoms with Crippen molar-refractivity contribution < 1.29 is 29.3 Å². The second-order valence-electron chi connectivity index (χ2n) is 8.53. The molecule has 1 aromatic heterocycles. The molecular formula is C24H25N3O6. The Kier molecular flexibility index (Phi) is 5.15. The van der Waals surface area contributed by atoms with Crippen LogP contribution in [-0.4, -0.2) is 43.9 Å². The normalized spacial score (nSPS) is 20.7. The number of carbonyl (C=O) groups excluding carboxylic acids is 3. The van der Waals surface area contributed by atoms with Gasteiger partial charge in [0.15, 0.2) is 17.3 Å². The van der Waals surface area contributed by atoms with Gasteiger partial charge < -0.3 is 20.3 Å². The second kappa shape index (κ2) is 7.61. The highest BCUT2D eigenvalue weighted by molar-refractivity contribution is 6.31. The Morgan fingerprint density at radius 1 is 1.21 bits per heavy atom. The quantitative estimate of drug-likeness (QED) is 0.359. The van der Waals surface area contributed by atoms with Crippen molar-refractivity contribution in [3.63, 3.8) is 0 Å². The van der Waals surface area contributed by atoms with Gasteiger partial charge >= 0.3 is 0 Å². The van der Waals surface area contributed by atoms with Gasteiger partial charge in [0.2, 0.25) is 0 Å². The Balaban J connectivity index is 1.76. The molecule has 9 nitrogen and oxygen atoms in total. The SMILES string of the molecule is CC(=O)c1c(O)c(C)c(O)c2c1OC1=CC(=O)C(=C(C)NCCn3ccc(C)n3)C(=O)C12C. The molecule has 4 rings (SSSR count). The molecule has 1 atom stereocenters. The number of hydrogen-bond donors (Lipinski definition) is 3. The highest BCUT2D eigenvalue weighted by Gasteiger charge is 2.56. The summed E-state index contributed by atoms with van der Waals surface area (Å²) < 4.78 is 7.51. The number of allylic oxidation sites excluding steroid dienone is 4. The van der Waals surface area contributed by atoms with E-state index in [4.69, 9.17) is 4.74 Å². The Bertz CT molecular complexity index is 1300. The van der Waals surface area contributed by atoms with E-state index in [1.54, 1.807) is 18.5 Å². The molecule has 0 bridgehead atoms. The molecule has 2 heterocycles. The van der Waals surface area contributed by atoms with Crippen molar-refractivity contribution in [3.05, 3.63) is 57.8 Å². The molecule has 0 fully saturated rings. The zero-order valence-electron chi connectivity index (χ0n) is 19.1. The van der Waals surface area contributed by atoms with Crippen molar-refractivity contribution in [2.24, 2.45) is 0 Å². The maximum absolute atomic E-state index is 13.7. The number of carbonyl (C=O) groups is 3. The number of benzene rings is 1. The largest absolute Gasteiger partial charge is 0.507 e. The minimum absolute atomic E-state index is 0.0128. The first-order chi connectivity index (χ1) is 15.5. The van der Waals surface area contributed by atoms with Gasteiger partial charge in [-0.2, -0.15) is 5.10 Å². The molecule has 33 heavy (non-hydrogen) atoms. The molecule has 2 aliphatic rings. The summed E-state index contributed by atoms with van der Waals surface area (Å²) in [5, 5.41) is 28.7. The number of ether oxygens (including phenoxy) is 1. The third kappa shape index (κ3) is 3.23. The Morgan fingerprint density at radius 3 is 2.52 bits per heavy atom. The van der Waals surface area contributed by atoms with Gasteiger partial charge in [0.1, 0.15) is 34.0 Å². The number of rotatable bonds is 5. The van der Waals surface area contributed by atoms with Crippen LogP contribution >= 0.6 is 0 Å². The minimum atomic E-state index is -1.52. The number of nitrogens with zero attached hydrogens (tertiary/aromatic N) is 2. The molecule has 0 spiro atoms. The first-order valence-electron chi connectivity index (χ1n) is 10.5. The number of nitrogens with one attached hydrogen (secondary N) is 1. The number of aromatic nitrogens is 2. The van der Waals surface area contributed by atoms with Gasteiger partial charge in [0, 0.05) is 30.1 Å². The van der Waals surface area contributed by atoms with Gasteiger partial charge in [0.25, 0.3) is 0 Å². The van der Waals surface area contributed by atoms with Crippen LogP contribution in [0, 0.1) is 13.8 Å². The molecule has 0 amide bonds. The monoisotopic (exact) mass is 451 g/mol. The van der Waals surface area contributed by atoms with Crippen LogP contribution in [-0.2, 0) is 21.5 Å². The average molecular weight is 451 g/mol. The van der Waals surface area contributed by atoms with E-state index in [1.165, 1.54) is 19.9 Å². The second-order valence-corrected chi connectivity index (χ2v) is 8.53. The fraction of sp³-hybridized carbons (Fsp3) is 0.333. The van der Waals surface area contributed by atoms with Crippen LogP contribution in [0.4, 0.5) is 0 Å². The molecule has 172 valence electrons. The fourth-order valence-electron chi connectivity index (χ4n) is 4.40. The molecule has 1 aliphatic heterocycles. The number of ketones is 3. The van der Waals surface area contributed by atoms with Crippen molar-refractivity contribution >= 4 is 17.3 Å². The first-order valence-corrected chi connectivity index (χ1v) is 10.5. The zero-order valence-corrected chi connectivity index (χ0v) is 19.1. The van der Waals surface area contributed by atoms with Gasteiger partial charge in [-0.15, -0.1) is 0 Å². The third-order valence-electron chi connectivity index (χ3n) is 6.26. The number of aryl methyl sites for hydroxylation is 1. The van der Waals surface area contributed by atoms with Gasteiger partial charge in [-0.05, 0) is 40.7 Å². The van der Waals surface area contributed by atoms with Crippen LogP contribution in [0.5, 0.6) is 17.2 Å². The molecule has 1 aromatic carbocycles. The van der Waals surface area contributed by atoms with E-state index in [1.807, 2.05) is 19.2 Å². The maximum Gasteiger partial charge on any atom is 0.194 e. The summed E-state index contributed by atoms with van der Waals surface area (Å²) >= 11 is 0. The summed E-state index contributed by atoms with van der Waals surface area (Å²) in [6, 6.07) is 1.88. The van der Waals surface area contributed by atoms with Crippen molar-refractivity contribution in [2.75, 3.05) is 6.54 Å². The summed E-state index contributed by atoms with van der Waals surface area (Å²) in [4.78, 5) is 38.8. The lowest BCUT2D eigenvalue weighted by Crippen LogP contribution is -2.41. The summed E-state index contributed by atoms with van der Waals surface area (Å²) in [5.41, 5.74) is -0.294. The van der Waals surface area contributed by atoms with Crippen LogP contribution in [0.1, 0.15) is 48.0 Å². The van der Waals surface area contributed by atoms with Gasteiger partial charge in [0.05, 0.1) is 23.4 Å². The molecule has 1 aliphatic carbocycles. The molecule has 1 unspecified atom stereocenters. The van der Waals surface area contributed by atoms with Crippen molar-refractivity contribution in [1.82, 2.24) is 15.1 Å². The lowest BCUT2D eigenvalue weighted by atomic mass is 9.70. The van der Waals surface area contributed by atoms with Crippen molar-refractivity contribution in [1.29, 1.82) is 0 Å². The molecule has 3 N–H and O–H groups in total. The molecule has 9 heteroatoms. The van der Waals surface area contributed by atoms with Crippen LogP contribution in [0.2, 0.25) is 0 Å².